The highest BCUT2D eigenvalue weighted by Crippen LogP contribution is 2.19. The number of aromatic nitrogens is 1. The predicted molar refractivity (Wildman–Crippen MR) is 73.7 cm³/mol. The monoisotopic (exact) mass is 263 g/mol. The molecule has 104 valence electrons. The quantitative estimate of drug-likeness (QED) is 0.836. The van der Waals surface area contributed by atoms with E-state index in [4.69, 9.17) is 5.73 Å². The Hall–Kier alpha value is -1.62. The number of likely N-dealkylation sites (tertiary alicyclic amines) is 1. The average Bonchev–Trinajstić information content (AvgIpc) is 2.40. The SMILES string of the molecule is CCc1cc(C(=O)N2CCC(O)C(C)C2)cc(N)n1. The van der Waals surface area contributed by atoms with Gasteiger partial charge < -0.3 is 15.7 Å². The number of carbonyl (C=O) groups excluding carboxylic acids is 1. The number of aliphatic hydroxyl groups excluding tert-OH is 1. The molecule has 0 saturated carbocycles. The van der Waals surface area contributed by atoms with Gasteiger partial charge in [0.2, 0.25) is 0 Å². The van der Waals surface area contributed by atoms with Crippen LogP contribution in [0.4, 0.5) is 5.82 Å². The van der Waals surface area contributed by atoms with E-state index in [1.807, 2.05) is 13.8 Å². The Morgan fingerprint density at radius 3 is 2.95 bits per heavy atom. The van der Waals surface area contributed by atoms with Crippen molar-refractivity contribution in [2.45, 2.75) is 32.8 Å². The molecule has 5 heteroatoms. The van der Waals surface area contributed by atoms with Crippen molar-refractivity contribution in [1.29, 1.82) is 0 Å². The Kier molecular flexibility index (Phi) is 4.04. The van der Waals surface area contributed by atoms with Crippen LogP contribution in [0.3, 0.4) is 0 Å². The van der Waals surface area contributed by atoms with Crippen molar-refractivity contribution in [2.75, 3.05) is 18.8 Å². The first-order valence-corrected chi connectivity index (χ1v) is 6.75. The number of pyridine rings is 1. The van der Waals surface area contributed by atoms with Crippen molar-refractivity contribution in [3.63, 3.8) is 0 Å². The van der Waals surface area contributed by atoms with Gasteiger partial charge in [-0.2, -0.15) is 0 Å². The Morgan fingerprint density at radius 1 is 1.58 bits per heavy atom. The number of aliphatic hydroxyl groups is 1. The van der Waals surface area contributed by atoms with E-state index < -0.39 is 0 Å². The number of nitrogen functional groups attached to an aromatic ring is 1. The maximum absolute atomic E-state index is 12.4. The van der Waals surface area contributed by atoms with E-state index >= 15 is 0 Å². The fraction of sp³-hybridized carbons (Fsp3) is 0.571. The van der Waals surface area contributed by atoms with Gasteiger partial charge in [-0.1, -0.05) is 13.8 Å². The van der Waals surface area contributed by atoms with Crippen LogP contribution in [0.2, 0.25) is 0 Å². The molecule has 0 bridgehead atoms. The van der Waals surface area contributed by atoms with Crippen molar-refractivity contribution in [1.82, 2.24) is 9.88 Å². The van der Waals surface area contributed by atoms with Gasteiger partial charge in [0, 0.05) is 24.3 Å². The van der Waals surface area contributed by atoms with Gasteiger partial charge in [-0.25, -0.2) is 4.98 Å². The summed E-state index contributed by atoms with van der Waals surface area (Å²) in [7, 11) is 0. The zero-order chi connectivity index (χ0) is 14.0. The topological polar surface area (TPSA) is 79.5 Å². The van der Waals surface area contributed by atoms with Gasteiger partial charge in [0.05, 0.1) is 6.10 Å². The summed E-state index contributed by atoms with van der Waals surface area (Å²) in [6.45, 7) is 5.12. The minimum atomic E-state index is -0.308. The number of anilines is 1. The molecule has 19 heavy (non-hydrogen) atoms. The van der Waals surface area contributed by atoms with Crippen LogP contribution in [0, 0.1) is 5.92 Å². The molecule has 2 rings (SSSR count). The summed E-state index contributed by atoms with van der Waals surface area (Å²) in [5, 5.41) is 9.71. The summed E-state index contributed by atoms with van der Waals surface area (Å²) in [4.78, 5) is 18.4. The second-order valence-electron chi connectivity index (χ2n) is 5.21. The third-order valence-electron chi connectivity index (χ3n) is 3.65. The second-order valence-corrected chi connectivity index (χ2v) is 5.21. The molecule has 2 atom stereocenters. The van der Waals surface area contributed by atoms with E-state index in [-0.39, 0.29) is 17.9 Å². The van der Waals surface area contributed by atoms with Crippen LogP contribution in [-0.2, 0) is 6.42 Å². The largest absolute Gasteiger partial charge is 0.393 e. The Balaban J connectivity index is 2.17. The molecule has 0 aromatic carbocycles. The fourth-order valence-corrected chi connectivity index (χ4v) is 2.42. The molecule has 2 heterocycles. The average molecular weight is 263 g/mol. The minimum Gasteiger partial charge on any atom is -0.393 e. The molecule has 1 fully saturated rings. The van der Waals surface area contributed by atoms with Crippen molar-refractivity contribution in [3.8, 4) is 0 Å². The molecular weight excluding hydrogens is 242 g/mol. The molecule has 1 amide bonds. The van der Waals surface area contributed by atoms with Crippen molar-refractivity contribution in [3.05, 3.63) is 23.4 Å². The summed E-state index contributed by atoms with van der Waals surface area (Å²) >= 11 is 0. The lowest BCUT2D eigenvalue weighted by Gasteiger charge is -2.34. The molecule has 0 spiro atoms. The van der Waals surface area contributed by atoms with Gasteiger partial charge >= 0.3 is 0 Å². The lowest BCUT2D eigenvalue weighted by atomic mass is 9.96. The van der Waals surface area contributed by atoms with Gasteiger partial charge in [0.1, 0.15) is 5.82 Å². The van der Waals surface area contributed by atoms with Crippen LogP contribution in [0.1, 0.15) is 36.3 Å². The maximum Gasteiger partial charge on any atom is 0.254 e. The van der Waals surface area contributed by atoms with Gasteiger partial charge in [-0.3, -0.25) is 4.79 Å². The van der Waals surface area contributed by atoms with E-state index in [2.05, 4.69) is 4.98 Å². The number of nitrogens with two attached hydrogens (primary N) is 1. The standard InChI is InChI=1S/C14H21N3O2/c1-3-11-6-10(7-13(15)16-11)14(19)17-5-4-12(18)9(2)8-17/h6-7,9,12,18H,3-5,8H2,1-2H3,(H2,15,16). The fourth-order valence-electron chi connectivity index (χ4n) is 2.42. The number of hydrogen-bond acceptors (Lipinski definition) is 4. The van der Waals surface area contributed by atoms with Gasteiger partial charge in [-0.05, 0) is 30.9 Å². The maximum atomic E-state index is 12.4. The van der Waals surface area contributed by atoms with Crippen LogP contribution in [-0.4, -0.2) is 40.1 Å². The molecule has 5 nitrogen and oxygen atoms in total. The third-order valence-corrected chi connectivity index (χ3v) is 3.65. The highest BCUT2D eigenvalue weighted by molar-refractivity contribution is 5.95. The van der Waals surface area contributed by atoms with Crippen LogP contribution in [0.15, 0.2) is 12.1 Å². The van der Waals surface area contributed by atoms with Crippen LogP contribution < -0.4 is 5.73 Å². The molecule has 0 radical (unpaired) electrons. The van der Waals surface area contributed by atoms with Crippen LogP contribution >= 0.6 is 0 Å². The van der Waals surface area contributed by atoms with Gasteiger partial charge in [-0.15, -0.1) is 0 Å². The minimum absolute atomic E-state index is 0.0254. The zero-order valence-corrected chi connectivity index (χ0v) is 11.5. The first-order chi connectivity index (χ1) is 9.01. The third kappa shape index (κ3) is 3.04. The van der Waals surface area contributed by atoms with E-state index in [9.17, 15) is 9.90 Å². The second kappa shape index (κ2) is 5.57. The van der Waals surface area contributed by atoms with Gasteiger partial charge in [0.15, 0.2) is 0 Å². The number of nitrogens with zero attached hydrogens (tertiary/aromatic N) is 2. The Bertz CT molecular complexity index is 476. The molecule has 1 aromatic rings. The number of carbonyl (C=O) groups is 1. The lowest BCUT2D eigenvalue weighted by molar-refractivity contribution is 0.0297. The Morgan fingerprint density at radius 2 is 2.32 bits per heavy atom. The molecule has 1 aliphatic heterocycles. The van der Waals surface area contributed by atoms with Crippen LogP contribution in [0.5, 0.6) is 0 Å². The summed E-state index contributed by atoms with van der Waals surface area (Å²) < 4.78 is 0. The van der Waals surface area contributed by atoms with E-state index in [0.29, 0.717) is 30.9 Å². The van der Waals surface area contributed by atoms with E-state index in [0.717, 1.165) is 12.1 Å². The molecule has 2 unspecified atom stereocenters. The summed E-state index contributed by atoms with van der Waals surface area (Å²) in [5.74, 6) is 0.470. The number of piperidine rings is 1. The first-order valence-electron chi connectivity index (χ1n) is 6.75. The summed E-state index contributed by atoms with van der Waals surface area (Å²) in [6, 6.07) is 3.42. The van der Waals surface area contributed by atoms with E-state index in [1.165, 1.54) is 0 Å². The smallest absolute Gasteiger partial charge is 0.254 e. The number of amides is 1. The molecule has 1 aromatic heterocycles. The molecule has 1 saturated heterocycles. The normalized spacial score (nSPS) is 23.4. The first kappa shape index (κ1) is 13.8. The summed E-state index contributed by atoms with van der Waals surface area (Å²) in [5.41, 5.74) is 7.15. The van der Waals surface area contributed by atoms with Crippen molar-refractivity contribution < 1.29 is 9.90 Å². The van der Waals surface area contributed by atoms with Gasteiger partial charge in [0.25, 0.3) is 5.91 Å². The van der Waals surface area contributed by atoms with E-state index in [1.54, 1.807) is 17.0 Å². The van der Waals surface area contributed by atoms with Crippen LogP contribution in [0.25, 0.3) is 0 Å². The zero-order valence-electron chi connectivity index (χ0n) is 11.5. The molecular formula is C14H21N3O2. The Labute approximate surface area is 113 Å². The number of rotatable bonds is 2. The van der Waals surface area contributed by atoms with Crippen molar-refractivity contribution in [2.24, 2.45) is 5.92 Å². The lowest BCUT2D eigenvalue weighted by Crippen LogP contribution is -2.45. The predicted octanol–water partition coefficient (Wildman–Crippen LogP) is 1.07. The highest BCUT2D eigenvalue weighted by atomic mass is 16.3. The molecule has 3 N–H and O–H groups in total. The highest BCUT2D eigenvalue weighted by Gasteiger charge is 2.28. The number of hydrogen-bond donors (Lipinski definition) is 2. The molecule has 0 aliphatic carbocycles. The van der Waals surface area contributed by atoms with Crippen molar-refractivity contribution >= 4 is 11.7 Å². The molecule has 1 aliphatic rings. The summed E-state index contributed by atoms with van der Waals surface area (Å²) in [6.07, 6.45) is 1.08. The number of aryl methyl sites for hydroxylation is 1.